The molecule has 0 saturated heterocycles. The van der Waals surface area contributed by atoms with Gasteiger partial charge in [0.2, 0.25) is 0 Å². The Bertz CT molecular complexity index is 476. The Morgan fingerprint density at radius 1 is 1.32 bits per heavy atom. The van der Waals surface area contributed by atoms with Crippen molar-refractivity contribution in [3.05, 3.63) is 47.5 Å². The van der Waals surface area contributed by atoms with Crippen molar-refractivity contribution in [2.24, 2.45) is 5.92 Å². The van der Waals surface area contributed by atoms with Crippen LogP contribution in [0.2, 0.25) is 0 Å². The van der Waals surface area contributed by atoms with Crippen molar-refractivity contribution in [3.63, 3.8) is 0 Å². The van der Waals surface area contributed by atoms with Gasteiger partial charge >= 0.3 is 5.97 Å². The van der Waals surface area contributed by atoms with E-state index < -0.39 is 0 Å². The van der Waals surface area contributed by atoms with E-state index in [1.54, 1.807) is 6.08 Å². The zero-order valence-electron chi connectivity index (χ0n) is 11.9. The number of carbonyl (C=O) groups is 1. The largest absolute Gasteiger partial charge is 0.466 e. The summed E-state index contributed by atoms with van der Waals surface area (Å²) in [5, 5.41) is 0. The summed E-state index contributed by atoms with van der Waals surface area (Å²) in [4.78, 5) is 11.2. The minimum atomic E-state index is -0.274. The average molecular weight is 258 g/mol. The predicted octanol–water partition coefficient (Wildman–Crippen LogP) is 4.03. The van der Waals surface area contributed by atoms with Crippen molar-refractivity contribution in [2.45, 2.75) is 38.5 Å². The molecular weight excluding hydrogens is 236 g/mol. The summed E-state index contributed by atoms with van der Waals surface area (Å²) < 4.78 is 4.65. The van der Waals surface area contributed by atoms with Crippen molar-refractivity contribution in [1.82, 2.24) is 0 Å². The van der Waals surface area contributed by atoms with E-state index in [-0.39, 0.29) is 5.97 Å². The first-order chi connectivity index (χ1) is 9.13. The molecule has 3 atom stereocenters. The molecule has 0 heterocycles. The van der Waals surface area contributed by atoms with Crippen molar-refractivity contribution in [1.29, 1.82) is 0 Å². The summed E-state index contributed by atoms with van der Waals surface area (Å²) >= 11 is 0. The fraction of sp³-hybridized carbons (Fsp3) is 0.471. The number of carbonyl (C=O) groups excluding carboxylic acids is 1. The molecule has 0 saturated carbocycles. The average Bonchev–Trinajstić information content (AvgIpc) is 2.45. The van der Waals surface area contributed by atoms with Gasteiger partial charge in [0, 0.05) is 6.08 Å². The number of hydrogen-bond acceptors (Lipinski definition) is 2. The Morgan fingerprint density at radius 3 is 2.68 bits per heavy atom. The van der Waals surface area contributed by atoms with Gasteiger partial charge in [-0.3, -0.25) is 0 Å². The van der Waals surface area contributed by atoms with Gasteiger partial charge in [-0.1, -0.05) is 44.2 Å². The van der Waals surface area contributed by atoms with Gasteiger partial charge in [0.15, 0.2) is 0 Å². The molecule has 2 rings (SSSR count). The van der Waals surface area contributed by atoms with Crippen LogP contribution < -0.4 is 0 Å². The monoisotopic (exact) mass is 258 g/mol. The standard InChI is InChI=1S/C17H22O2/c1-12-8-10-15(13(2)9-11-17(18)19-3)16-7-5-4-6-14(12)16/h4-7,9,11-13,15H,8,10H2,1-3H3/b11-9-/t12-,13?,15+/m1/s1. The minimum Gasteiger partial charge on any atom is -0.466 e. The Morgan fingerprint density at radius 2 is 2.00 bits per heavy atom. The van der Waals surface area contributed by atoms with Crippen LogP contribution in [-0.2, 0) is 9.53 Å². The lowest BCUT2D eigenvalue weighted by Gasteiger charge is -2.32. The SMILES string of the molecule is COC(=O)/C=C\C(C)[C@@H]1CC[C@@H](C)c2ccccc21. The number of fused-ring (bicyclic) bond motifs is 1. The van der Waals surface area contributed by atoms with Gasteiger partial charge in [0.05, 0.1) is 7.11 Å². The first-order valence-corrected chi connectivity index (χ1v) is 6.98. The highest BCUT2D eigenvalue weighted by Crippen LogP contribution is 2.42. The third-order valence-electron chi connectivity index (χ3n) is 4.21. The molecule has 0 aliphatic heterocycles. The maximum Gasteiger partial charge on any atom is 0.330 e. The van der Waals surface area contributed by atoms with Gasteiger partial charge in [-0.25, -0.2) is 4.79 Å². The van der Waals surface area contributed by atoms with E-state index in [4.69, 9.17) is 0 Å². The molecule has 1 aromatic rings. The van der Waals surface area contributed by atoms with Gasteiger partial charge in [-0.15, -0.1) is 0 Å². The Kier molecular flexibility index (Phi) is 4.41. The molecule has 0 N–H and O–H groups in total. The van der Waals surface area contributed by atoms with Gasteiger partial charge in [0.1, 0.15) is 0 Å². The van der Waals surface area contributed by atoms with Crippen molar-refractivity contribution in [2.75, 3.05) is 7.11 Å². The molecular formula is C17H22O2. The number of esters is 1. The first kappa shape index (κ1) is 13.9. The molecule has 19 heavy (non-hydrogen) atoms. The lowest BCUT2D eigenvalue weighted by atomic mass is 9.72. The maximum absolute atomic E-state index is 11.2. The van der Waals surface area contributed by atoms with Gasteiger partial charge in [0.25, 0.3) is 0 Å². The van der Waals surface area contributed by atoms with Crippen LogP contribution in [0.3, 0.4) is 0 Å². The lowest BCUT2D eigenvalue weighted by Crippen LogP contribution is -2.17. The second kappa shape index (κ2) is 6.05. The number of methoxy groups -OCH3 is 1. The van der Waals surface area contributed by atoms with E-state index in [1.807, 2.05) is 6.08 Å². The fourth-order valence-corrected chi connectivity index (χ4v) is 3.02. The molecule has 1 aliphatic carbocycles. The summed E-state index contributed by atoms with van der Waals surface area (Å²) in [6.45, 7) is 4.47. The highest BCUT2D eigenvalue weighted by molar-refractivity contribution is 5.81. The van der Waals surface area contributed by atoms with Crippen LogP contribution in [-0.4, -0.2) is 13.1 Å². The number of benzene rings is 1. The van der Waals surface area contributed by atoms with Crippen LogP contribution >= 0.6 is 0 Å². The smallest absolute Gasteiger partial charge is 0.330 e. The summed E-state index contributed by atoms with van der Waals surface area (Å²) in [6.07, 6.45) is 5.93. The molecule has 0 aromatic heterocycles. The molecule has 0 amide bonds. The molecule has 0 radical (unpaired) electrons. The Hall–Kier alpha value is -1.57. The zero-order chi connectivity index (χ0) is 13.8. The van der Waals surface area contributed by atoms with Gasteiger partial charge < -0.3 is 4.74 Å². The summed E-state index contributed by atoms with van der Waals surface area (Å²) in [5.41, 5.74) is 2.92. The quantitative estimate of drug-likeness (QED) is 0.604. The van der Waals surface area contributed by atoms with E-state index in [9.17, 15) is 4.79 Å². The Labute approximate surface area is 115 Å². The molecule has 2 nitrogen and oxygen atoms in total. The molecule has 2 heteroatoms. The highest BCUT2D eigenvalue weighted by Gasteiger charge is 2.27. The van der Waals surface area contributed by atoms with E-state index in [1.165, 1.54) is 31.1 Å². The highest BCUT2D eigenvalue weighted by atomic mass is 16.5. The third-order valence-corrected chi connectivity index (χ3v) is 4.21. The van der Waals surface area contributed by atoms with Crippen LogP contribution in [0.5, 0.6) is 0 Å². The van der Waals surface area contributed by atoms with Crippen molar-refractivity contribution >= 4 is 5.97 Å². The normalized spacial score (nSPS) is 23.9. The lowest BCUT2D eigenvalue weighted by molar-refractivity contribution is -0.134. The second-order valence-corrected chi connectivity index (χ2v) is 5.46. The number of ether oxygens (including phenoxy) is 1. The van der Waals surface area contributed by atoms with E-state index in [0.717, 1.165) is 0 Å². The third kappa shape index (κ3) is 3.06. The number of allylic oxidation sites excluding steroid dienone is 1. The molecule has 1 aromatic carbocycles. The van der Waals surface area contributed by atoms with Crippen molar-refractivity contribution < 1.29 is 9.53 Å². The van der Waals surface area contributed by atoms with E-state index >= 15 is 0 Å². The summed E-state index contributed by atoms with van der Waals surface area (Å²) in [6, 6.07) is 8.70. The van der Waals surface area contributed by atoms with Crippen LogP contribution in [0, 0.1) is 5.92 Å². The molecule has 0 spiro atoms. The molecule has 0 fully saturated rings. The van der Waals surface area contributed by atoms with Crippen LogP contribution in [0.15, 0.2) is 36.4 Å². The summed E-state index contributed by atoms with van der Waals surface area (Å²) in [5.74, 6) is 1.23. The second-order valence-electron chi connectivity index (χ2n) is 5.46. The molecule has 0 bridgehead atoms. The predicted molar refractivity (Wildman–Crippen MR) is 77.2 cm³/mol. The number of hydrogen-bond donors (Lipinski definition) is 0. The van der Waals surface area contributed by atoms with Gasteiger partial charge in [-0.2, -0.15) is 0 Å². The van der Waals surface area contributed by atoms with Crippen LogP contribution in [0.4, 0.5) is 0 Å². The van der Waals surface area contributed by atoms with Crippen molar-refractivity contribution in [3.8, 4) is 0 Å². The molecule has 1 unspecified atom stereocenters. The molecule has 102 valence electrons. The van der Waals surface area contributed by atoms with Crippen LogP contribution in [0.1, 0.15) is 49.7 Å². The fourth-order valence-electron chi connectivity index (χ4n) is 3.02. The maximum atomic E-state index is 11.2. The molecule has 1 aliphatic rings. The van der Waals surface area contributed by atoms with Crippen LogP contribution in [0.25, 0.3) is 0 Å². The minimum absolute atomic E-state index is 0.274. The first-order valence-electron chi connectivity index (χ1n) is 6.98. The Balaban J connectivity index is 2.20. The van der Waals surface area contributed by atoms with E-state index in [0.29, 0.717) is 17.8 Å². The zero-order valence-corrected chi connectivity index (χ0v) is 11.9. The van der Waals surface area contributed by atoms with Gasteiger partial charge in [-0.05, 0) is 41.7 Å². The summed E-state index contributed by atoms with van der Waals surface area (Å²) in [7, 11) is 1.41. The number of rotatable bonds is 3. The topological polar surface area (TPSA) is 26.3 Å². The van der Waals surface area contributed by atoms with E-state index in [2.05, 4.69) is 42.8 Å².